The molecule has 0 aliphatic heterocycles. The van der Waals surface area contributed by atoms with Crippen molar-refractivity contribution < 1.29 is 122 Å². The summed E-state index contributed by atoms with van der Waals surface area (Å²) in [4.78, 5) is 209. The van der Waals surface area contributed by atoms with E-state index in [1.54, 1.807) is 5.32 Å². The number of hydrogen-bond donors (Lipinski definition) is 19. The van der Waals surface area contributed by atoms with Crippen molar-refractivity contribution in [1.29, 1.82) is 0 Å². The maximum Gasteiger partial charge on any atom is 0.326 e. The van der Waals surface area contributed by atoms with E-state index in [0.717, 1.165) is 6.92 Å². The van der Waals surface area contributed by atoms with Crippen LogP contribution in [0.1, 0.15) is 58.3 Å². The fourth-order valence-electron chi connectivity index (χ4n) is 5.70. The molecule has 11 amide bonds. The van der Waals surface area contributed by atoms with Gasteiger partial charge in [-0.1, -0.05) is 0 Å². The number of nitrogens with one attached hydrogen (secondary N) is 9. The van der Waals surface area contributed by atoms with Crippen LogP contribution in [-0.4, -0.2) is 209 Å². The van der Waals surface area contributed by atoms with Gasteiger partial charge in [-0.2, -0.15) is 0 Å². The quantitative estimate of drug-likeness (QED) is 0.0280. The molecule has 21 N–H and O–H groups in total. The average molecular weight is 1050 g/mol. The van der Waals surface area contributed by atoms with Gasteiger partial charge in [0.2, 0.25) is 65.0 Å². The van der Waals surface area contributed by atoms with Crippen LogP contribution in [0, 0.1) is 0 Å². The molecular weight excluding hydrogens is 998 g/mol. The first-order valence-electron chi connectivity index (χ1n) is 20.6. The van der Waals surface area contributed by atoms with Crippen LogP contribution < -0.4 is 59.3 Å². The van der Waals surface area contributed by atoms with Crippen LogP contribution in [0.4, 0.5) is 0 Å². The maximum atomic E-state index is 13.5. The molecule has 0 aromatic heterocycles. The Bertz CT molecular complexity index is 2150. The minimum absolute atomic E-state index is 0.900. The van der Waals surface area contributed by atoms with E-state index in [0.29, 0.717) is 0 Å². The number of aliphatic hydroxyl groups excluding tert-OH is 2. The van der Waals surface area contributed by atoms with Gasteiger partial charge >= 0.3 is 35.8 Å². The zero-order valence-corrected chi connectivity index (χ0v) is 37.9. The normalized spacial score (nSPS) is 14.3. The van der Waals surface area contributed by atoms with Gasteiger partial charge in [0.1, 0.15) is 54.4 Å². The molecule has 0 aromatic rings. The smallest absolute Gasteiger partial charge is 0.326 e. The molecule has 9 atom stereocenters. The molecule has 406 valence electrons. The van der Waals surface area contributed by atoms with Gasteiger partial charge < -0.3 is 100 Å². The summed E-state index contributed by atoms with van der Waals surface area (Å²) < 4.78 is 0. The Hall–Kier alpha value is -9.09. The molecule has 0 aliphatic carbocycles. The van der Waals surface area contributed by atoms with Crippen molar-refractivity contribution in [3.8, 4) is 0 Å². The first-order valence-corrected chi connectivity index (χ1v) is 20.6. The number of aliphatic hydroxyl groups is 2. The van der Waals surface area contributed by atoms with Gasteiger partial charge in [0.15, 0.2) is 0 Å². The Morgan fingerprint density at radius 2 is 0.562 bits per heavy atom. The zero-order valence-electron chi connectivity index (χ0n) is 37.9. The Kier molecular flexibility index (Phi) is 27.3. The topological polar surface area (TPSA) is 612 Å². The van der Waals surface area contributed by atoms with E-state index in [1.807, 2.05) is 42.5 Å². The Labute approximate surface area is 408 Å². The zero-order chi connectivity index (χ0) is 56.4. The van der Waals surface area contributed by atoms with E-state index in [-0.39, 0.29) is 0 Å². The van der Waals surface area contributed by atoms with Gasteiger partial charge in [0.25, 0.3) is 0 Å². The van der Waals surface area contributed by atoms with Crippen molar-refractivity contribution in [3.05, 3.63) is 0 Å². The monoisotopic (exact) mass is 1050 g/mol. The number of nitrogens with two attached hydrogens (primary N) is 2. The van der Waals surface area contributed by atoms with Gasteiger partial charge in [-0.15, -0.1) is 0 Å². The number of hydrogen-bond acceptors (Lipinski definition) is 19. The predicted molar refractivity (Wildman–Crippen MR) is 228 cm³/mol. The van der Waals surface area contributed by atoms with Gasteiger partial charge in [0.05, 0.1) is 51.7 Å². The maximum absolute atomic E-state index is 13.5. The summed E-state index contributed by atoms with van der Waals surface area (Å²) in [5, 5.41) is 91.9. The van der Waals surface area contributed by atoms with Gasteiger partial charge in [0, 0.05) is 13.3 Å². The van der Waals surface area contributed by atoms with E-state index >= 15 is 0 Å². The molecule has 0 fully saturated rings. The summed E-state index contributed by atoms with van der Waals surface area (Å²) >= 11 is 0. The average Bonchev–Trinajstić information content (AvgIpc) is 3.25. The second-order valence-electron chi connectivity index (χ2n) is 15.1. The molecule has 0 unspecified atom stereocenters. The SMILES string of the molecule is CC(=O)N[C@H](CC(=O)O)C(=O)N[C@H](CC(N)=O)C(=O)N[C@H](CC(=O)O)C(=O)N[C@H](CO)C(=O)N[C@H](CCC(=O)O)C(=O)N[C@H](CC(=O)O)C(=O)N[C@H](CC(N)=O)C(=O)N[C@H](CO)C(=O)N[C@H](CC(=O)O)C(=O)O. The third kappa shape index (κ3) is 25.4. The summed E-state index contributed by atoms with van der Waals surface area (Å²) in [5.74, 6) is -26.3. The fourth-order valence-corrected chi connectivity index (χ4v) is 5.70. The second-order valence-corrected chi connectivity index (χ2v) is 15.1. The van der Waals surface area contributed by atoms with Gasteiger partial charge in [-0.3, -0.25) is 76.7 Å². The lowest BCUT2D eigenvalue weighted by Crippen LogP contribution is -2.61. The molecule has 0 aliphatic rings. The highest BCUT2D eigenvalue weighted by molar-refractivity contribution is 6.01. The number of carbonyl (C=O) groups excluding carboxylic acids is 11. The largest absolute Gasteiger partial charge is 0.481 e. The molecule has 0 saturated heterocycles. The number of carboxylic acid groups (broad SMARTS) is 6. The van der Waals surface area contributed by atoms with E-state index in [9.17, 15) is 112 Å². The van der Waals surface area contributed by atoms with Gasteiger partial charge in [-0.25, -0.2) is 4.79 Å². The minimum Gasteiger partial charge on any atom is -0.481 e. The van der Waals surface area contributed by atoms with Crippen molar-refractivity contribution in [1.82, 2.24) is 47.9 Å². The first kappa shape index (κ1) is 63.9. The predicted octanol–water partition coefficient (Wildman–Crippen LogP) is -11.0. The number of carboxylic acids is 6. The van der Waals surface area contributed by atoms with Crippen LogP contribution in [0.3, 0.4) is 0 Å². The Morgan fingerprint density at radius 1 is 0.329 bits per heavy atom. The highest BCUT2D eigenvalue weighted by atomic mass is 16.4. The first-order chi connectivity index (χ1) is 33.8. The van der Waals surface area contributed by atoms with Crippen molar-refractivity contribution in [2.75, 3.05) is 13.2 Å². The summed E-state index contributed by atoms with van der Waals surface area (Å²) in [6, 6.07) is -19.2. The van der Waals surface area contributed by atoms with Crippen LogP contribution in [-0.2, 0) is 81.5 Å². The lowest BCUT2D eigenvalue weighted by atomic mass is 10.1. The molecule has 73 heavy (non-hydrogen) atoms. The number of carbonyl (C=O) groups is 17. The molecule has 0 bridgehead atoms. The lowest BCUT2D eigenvalue weighted by molar-refractivity contribution is -0.147. The van der Waals surface area contributed by atoms with E-state index in [4.69, 9.17) is 21.7 Å². The van der Waals surface area contributed by atoms with Crippen molar-refractivity contribution >= 4 is 101 Å². The van der Waals surface area contributed by atoms with E-state index < -0.39 is 220 Å². The van der Waals surface area contributed by atoms with E-state index in [2.05, 4.69) is 0 Å². The fraction of sp³-hybridized carbons (Fsp3) is 0.541. The molecule has 36 nitrogen and oxygen atoms in total. The standard InChI is InChI=1S/C37H53N11O25/c1-12(51)40-16(6-25(56)57)32(67)42-14(4-22(38)52)30(65)45-18(8-27(60)61)34(69)48-20(10-49)35(70)41-13(2-3-24(54)55)29(64)44-17(7-26(58)59)33(68)43-15(5-23(39)53)31(66)47-21(11-50)36(71)46-19(37(72)73)9-28(62)63/h13-21,49-50H,2-11H2,1H3,(H2,38,52)(H2,39,53)(H,40,51)(H,41,70)(H,42,67)(H,43,68)(H,44,64)(H,45,65)(H,46,71)(H,47,66)(H,48,69)(H,54,55)(H,56,57)(H,58,59)(H,60,61)(H,62,63)(H,72,73)/t13-,14-,15-,16-,17-,18-,19-,20-,21-/m1/s1. The van der Waals surface area contributed by atoms with Crippen LogP contribution in [0.5, 0.6) is 0 Å². The third-order valence-corrected chi connectivity index (χ3v) is 9.08. The number of rotatable bonds is 35. The van der Waals surface area contributed by atoms with Gasteiger partial charge in [-0.05, 0) is 6.42 Å². The molecule has 0 radical (unpaired) electrons. The van der Waals surface area contributed by atoms with Crippen LogP contribution >= 0.6 is 0 Å². The Balaban J connectivity index is 6.58. The lowest BCUT2D eigenvalue weighted by Gasteiger charge is -2.27. The third-order valence-electron chi connectivity index (χ3n) is 9.08. The Morgan fingerprint density at radius 3 is 0.822 bits per heavy atom. The number of amides is 11. The molecule has 36 heteroatoms. The molecule has 0 spiro atoms. The summed E-state index contributed by atoms with van der Waals surface area (Å²) in [5.41, 5.74) is 10.3. The molecule has 0 heterocycles. The second kappa shape index (κ2) is 31.2. The van der Waals surface area contributed by atoms with Crippen molar-refractivity contribution in [2.45, 2.75) is 113 Å². The summed E-state index contributed by atoms with van der Waals surface area (Å²) in [7, 11) is 0. The van der Waals surface area contributed by atoms with Crippen LogP contribution in [0.2, 0.25) is 0 Å². The molecule has 0 aromatic carbocycles. The van der Waals surface area contributed by atoms with Crippen LogP contribution in [0.15, 0.2) is 0 Å². The molecule has 0 saturated carbocycles. The van der Waals surface area contributed by atoms with Crippen molar-refractivity contribution in [2.24, 2.45) is 11.5 Å². The van der Waals surface area contributed by atoms with Crippen molar-refractivity contribution in [3.63, 3.8) is 0 Å². The molecular formula is C37H53N11O25. The summed E-state index contributed by atoms with van der Waals surface area (Å²) in [6.45, 7) is -1.82. The number of primary amides is 2. The minimum atomic E-state index is -2.31. The van der Waals surface area contributed by atoms with Crippen LogP contribution in [0.25, 0.3) is 0 Å². The van der Waals surface area contributed by atoms with E-state index in [1.165, 1.54) is 0 Å². The molecule has 0 rings (SSSR count). The summed E-state index contributed by atoms with van der Waals surface area (Å²) in [6.07, 6.45) is -9.03. The highest BCUT2D eigenvalue weighted by Gasteiger charge is 2.37. The number of aliphatic carboxylic acids is 6. The highest BCUT2D eigenvalue weighted by Crippen LogP contribution is 2.07.